The Morgan fingerprint density at radius 2 is 1.90 bits per heavy atom. The second-order valence-electron chi connectivity index (χ2n) is 10.3. The number of pyridine rings is 1. The highest BCUT2D eigenvalue weighted by molar-refractivity contribution is 5.98. The van der Waals surface area contributed by atoms with E-state index in [0.717, 1.165) is 0 Å². The van der Waals surface area contributed by atoms with Crippen LogP contribution in [0, 0.1) is 5.92 Å². The molecule has 3 rings (SSSR count). The number of rotatable bonds is 5. The van der Waals surface area contributed by atoms with Gasteiger partial charge in [0.05, 0.1) is 0 Å². The van der Waals surface area contributed by atoms with Crippen molar-refractivity contribution in [3.05, 3.63) is 30.1 Å². The van der Waals surface area contributed by atoms with Crippen LogP contribution in [0.15, 0.2) is 24.4 Å². The minimum absolute atomic E-state index is 0.0138. The van der Waals surface area contributed by atoms with E-state index in [4.69, 9.17) is 5.73 Å². The molecule has 2 fully saturated rings. The Balaban J connectivity index is 1.96. The molecule has 2 aliphatic rings. The van der Waals surface area contributed by atoms with E-state index in [0.29, 0.717) is 19.4 Å². The van der Waals surface area contributed by atoms with Gasteiger partial charge in [0.1, 0.15) is 29.9 Å². The van der Waals surface area contributed by atoms with Gasteiger partial charge in [-0.3, -0.25) is 33.8 Å². The quantitative estimate of drug-likeness (QED) is 0.364. The molecule has 1 aromatic rings. The molecule has 0 radical (unpaired) electrons. The lowest BCUT2D eigenvalue weighted by Gasteiger charge is -2.32. The van der Waals surface area contributed by atoms with Crippen molar-refractivity contribution in [2.45, 2.75) is 70.1 Å². The van der Waals surface area contributed by atoms with Gasteiger partial charge in [-0.15, -0.1) is 0 Å². The van der Waals surface area contributed by atoms with Crippen LogP contribution in [0.4, 0.5) is 0 Å². The zero-order valence-corrected chi connectivity index (χ0v) is 22.5. The molecule has 3 heterocycles. The molecule has 2 aliphatic heterocycles. The molecule has 0 spiro atoms. The summed E-state index contributed by atoms with van der Waals surface area (Å²) in [4.78, 5) is 84.8. The van der Waals surface area contributed by atoms with E-state index in [2.05, 4.69) is 20.9 Å². The van der Waals surface area contributed by atoms with E-state index >= 15 is 0 Å². The predicted octanol–water partition coefficient (Wildman–Crippen LogP) is -1.08. The Labute approximate surface area is 227 Å². The number of carbonyl (C=O) groups is 6. The zero-order valence-electron chi connectivity index (χ0n) is 22.5. The topological polar surface area (TPSA) is 184 Å². The van der Waals surface area contributed by atoms with Gasteiger partial charge >= 0.3 is 0 Å². The SMILES string of the molecule is CC(C)C[C@H]1C(=O)N[C@H](C(N)=O)CCC(=O)N2CCC[C@@H]2C(=O)NC[C@H](NC(=O)c2ccccn2)C(=O)N1C. The first-order chi connectivity index (χ1) is 18.5. The van der Waals surface area contributed by atoms with Crippen LogP contribution in [0.3, 0.4) is 0 Å². The molecule has 39 heavy (non-hydrogen) atoms. The molecule has 0 bridgehead atoms. The Morgan fingerprint density at radius 3 is 2.54 bits per heavy atom. The summed E-state index contributed by atoms with van der Waals surface area (Å²) in [6.45, 7) is 3.85. The summed E-state index contributed by atoms with van der Waals surface area (Å²) in [5.41, 5.74) is 5.60. The monoisotopic (exact) mass is 543 g/mol. The first kappa shape index (κ1) is 29.5. The average molecular weight is 544 g/mol. The van der Waals surface area contributed by atoms with Crippen LogP contribution in [-0.2, 0) is 24.0 Å². The number of carbonyl (C=O) groups excluding carboxylic acids is 6. The van der Waals surface area contributed by atoms with Gasteiger partial charge in [0.15, 0.2) is 0 Å². The number of likely N-dealkylation sites (N-methyl/N-ethyl adjacent to an activating group) is 1. The summed E-state index contributed by atoms with van der Waals surface area (Å²) in [5, 5.41) is 7.93. The summed E-state index contributed by atoms with van der Waals surface area (Å²) in [7, 11) is 1.43. The van der Waals surface area contributed by atoms with Crippen LogP contribution in [0.5, 0.6) is 0 Å². The summed E-state index contributed by atoms with van der Waals surface area (Å²) in [6.07, 6.45) is 2.59. The van der Waals surface area contributed by atoms with Crippen LogP contribution in [0.2, 0.25) is 0 Å². The Bertz CT molecular complexity index is 1100. The second kappa shape index (κ2) is 13.2. The van der Waals surface area contributed by atoms with Crippen LogP contribution in [-0.4, -0.2) is 94.5 Å². The van der Waals surface area contributed by atoms with Gasteiger partial charge in [0.25, 0.3) is 5.91 Å². The molecule has 1 aromatic heterocycles. The largest absolute Gasteiger partial charge is 0.368 e. The number of hydrogen-bond acceptors (Lipinski definition) is 7. The molecular formula is C26H37N7O6. The van der Waals surface area contributed by atoms with E-state index in [1.807, 2.05) is 13.8 Å². The van der Waals surface area contributed by atoms with Crippen molar-refractivity contribution in [1.29, 1.82) is 0 Å². The maximum atomic E-state index is 13.7. The number of hydrogen-bond donors (Lipinski definition) is 4. The molecule has 6 amide bonds. The van der Waals surface area contributed by atoms with Crippen LogP contribution < -0.4 is 21.7 Å². The molecule has 0 unspecified atom stereocenters. The Kier molecular flexibility index (Phi) is 9.96. The lowest BCUT2D eigenvalue weighted by atomic mass is 10.00. The first-order valence-electron chi connectivity index (χ1n) is 13.1. The van der Waals surface area contributed by atoms with Gasteiger partial charge < -0.3 is 31.5 Å². The molecule has 0 aliphatic carbocycles. The lowest BCUT2D eigenvalue weighted by Crippen LogP contribution is -2.59. The fraction of sp³-hybridized carbons (Fsp3) is 0.577. The summed E-state index contributed by atoms with van der Waals surface area (Å²) in [6, 6.07) is 0.612. The fourth-order valence-corrected chi connectivity index (χ4v) is 4.84. The second-order valence-corrected chi connectivity index (χ2v) is 10.3. The number of primary amides is 1. The Hall–Kier alpha value is -4.03. The van der Waals surface area contributed by atoms with Crippen molar-refractivity contribution >= 4 is 35.4 Å². The van der Waals surface area contributed by atoms with Crippen LogP contribution in [0.1, 0.15) is 56.4 Å². The highest BCUT2D eigenvalue weighted by Gasteiger charge is 2.38. The van der Waals surface area contributed by atoms with E-state index in [9.17, 15) is 28.8 Å². The highest BCUT2D eigenvalue weighted by Crippen LogP contribution is 2.20. The zero-order chi connectivity index (χ0) is 28.7. The van der Waals surface area contributed by atoms with Crippen molar-refractivity contribution in [2.75, 3.05) is 20.1 Å². The Morgan fingerprint density at radius 1 is 1.15 bits per heavy atom. The molecule has 13 heteroatoms. The van der Waals surface area contributed by atoms with E-state index < -0.39 is 53.7 Å². The van der Waals surface area contributed by atoms with Gasteiger partial charge in [-0.25, -0.2) is 0 Å². The average Bonchev–Trinajstić information content (AvgIpc) is 3.40. The van der Waals surface area contributed by atoms with Crippen molar-refractivity contribution in [3.63, 3.8) is 0 Å². The van der Waals surface area contributed by atoms with Crippen molar-refractivity contribution < 1.29 is 28.8 Å². The first-order valence-corrected chi connectivity index (χ1v) is 13.1. The molecule has 0 aromatic carbocycles. The fourth-order valence-electron chi connectivity index (χ4n) is 4.84. The van der Waals surface area contributed by atoms with E-state index in [1.165, 1.54) is 29.1 Å². The van der Waals surface area contributed by atoms with E-state index in [-0.39, 0.29) is 43.3 Å². The number of nitrogens with one attached hydrogen (secondary N) is 3. The van der Waals surface area contributed by atoms with Gasteiger partial charge in [-0.2, -0.15) is 0 Å². The number of nitrogens with zero attached hydrogens (tertiary/aromatic N) is 3. The standard InChI is InChI=1S/C26H37N7O6/c1-15(2)13-20-25(38)30-16(22(27)35)9-10-21(34)33-12-6-8-19(33)24(37)29-14-18(26(39)32(20)3)31-23(36)17-7-4-5-11-28-17/h4-5,7,11,15-16,18-20H,6,8-10,12-14H2,1-3H3,(H2,27,35)(H,29,37)(H,30,38)(H,31,36)/t16-,18-,19+,20-/m0/s1. The van der Waals surface area contributed by atoms with Gasteiger partial charge in [-0.1, -0.05) is 19.9 Å². The summed E-state index contributed by atoms with van der Waals surface area (Å²) in [5.74, 6) is -3.48. The molecule has 2 saturated heterocycles. The summed E-state index contributed by atoms with van der Waals surface area (Å²) >= 11 is 0. The molecular weight excluding hydrogens is 506 g/mol. The lowest BCUT2D eigenvalue weighted by molar-refractivity contribution is -0.141. The third kappa shape index (κ3) is 7.52. The van der Waals surface area contributed by atoms with Gasteiger partial charge in [0.2, 0.25) is 29.5 Å². The van der Waals surface area contributed by atoms with E-state index in [1.54, 1.807) is 12.1 Å². The number of aromatic nitrogens is 1. The van der Waals surface area contributed by atoms with Crippen molar-refractivity contribution in [3.8, 4) is 0 Å². The van der Waals surface area contributed by atoms with Crippen LogP contribution >= 0.6 is 0 Å². The molecule has 5 N–H and O–H groups in total. The minimum Gasteiger partial charge on any atom is -0.368 e. The highest BCUT2D eigenvalue weighted by atomic mass is 16.2. The summed E-state index contributed by atoms with van der Waals surface area (Å²) < 4.78 is 0. The number of amides is 6. The van der Waals surface area contributed by atoms with Crippen molar-refractivity contribution in [2.24, 2.45) is 11.7 Å². The molecule has 0 saturated carbocycles. The third-order valence-corrected chi connectivity index (χ3v) is 6.98. The van der Waals surface area contributed by atoms with Crippen LogP contribution in [0.25, 0.3) is 0 Å². The predicted molar refractivity (Wildman–Crippen MR) is 140 cm³/mol. The maximum Gasteiger partial charge on any atom is 0.270 e. The number of nitrogens with two attached hydrogens (primary N) is 1. The molecule has 212 valence electrons. The maximum absolute atomic E-state index is 13.7. The third-order valence-electron chi connectivity index (χ3n) is 6.98. The molecule has 13 nitrogen and oxygen atoms in total. The smallest absolute Gasteiger partial charge is 0.270 e. The minimum atomic E-state index is -1.24. The normalized spacial score (nSPS) is 25.3. The van der Waals surface area contributed by atoms with Gasteiger partial charge in [-0.05, 0) is 43.7 Å². The number of fused-ring (bicyclic) bond motifs is 1. The molecule has 4 atom stereocenters. The van der Waals surface area contributed by atoms with Gasteiger partial charge in [0, 0.05) is 32.8 Å². The van der Waals surface area contributed by atoms with Crippen molar-refractivity contribution in [1.82, 2.24) is 30.7 Å².